The van der Waals surface area contributed by atoms with Crippen molar-refractivity contribution in [2.75, 3.05) is 6.54 Å². The molecule has 4 nitrogen and oxygen atoms in total. The summed E-state index contributed by atoms with van der Waals surface area (Å²) in [6.07, 6.45) is 5.63. The lowest BCUT2D eigenvalue weighted by atomic mass is 9.64. The molecular weight excluding hydrogens is 278 g/mol. The van der Waals surface area contributed by atoms with Crippen LogP contribution in [0.3, 0.4) is 0 Å². The maximum Gasteiger partial charge on any atom is 0.310 e. The van der Waals surface area contributed by atoms with Crippen molar-refractivity contribution in [3.05, 3.63) is 35.9 Å². The fourth-order valence-corrected chi connectivity index (χ4v) is 3.67. The van der Waals surface area contributed by atoms with Gasteiger partial charge in [-0.1, -0.05) is 43.2 Å². The first-order valence-corrected chi connectivity index (χ1v) is 8.12. The predicted octanol–water partition coefficient (Wildman–Crippen LogP) is 2.87. The molecular formula is C18H23NO3. The van der Waals surface area contributed by atoms with Gasteiger partial charge in [0.2, 0.25) is 5.91 Å². The molecule has 2 N–H and O–H groups in total. The number of rotatable bonds is 6. The lowest BCUT2D eigenvalue weighted by molar-refractivity contribution is -0.157. The summed E-state index contributed by atoms with van der Waals surface area (Å²) in [5, 5.41) is 12.3. The molecule has 22 heavy (non-hydrogen) atoms. The zero-order chi connectivity index (χ0) is 15.6. The Morgan fingerprint density at radius 3 is 2.14 bits per heavy atom. The first-order valence-electron chi connectivity index (χ1n) is 8.12. The SMILES string of the molecule is O=C(CC1(C(=O)O)CCC1)NCC1(c2ccccc2)CCC1. The van der Waals surface area contributed by atoms with E-state index in [2.05, 4.69) is 17.4 Å². The van der Waals surface area contributed by atoms with Crippen LogP contribution in [-0.2, 0) is 15.0 Å². The molecule has 3 rings (SSSR count). The molecule has 1 aromatic carbocycles. The molecule has 2 saturated carbocycles. The van der Waals surface area contributed by atoms with E-state index in [0.717, 1.165) is 19.3 Å². The number of carbonyl (C=O) groups is 2. The van der Waals surface area contributed by atoms with Gasteiger partial charge in [-0.15, -0.1) is 0 Å². The summed E-state index contributed by atoms with van der Waals surface area (Å²) >= 11 is 0. The molecule has 1 amide bonds. The molecule has 0 aliphatic heterocycles. The van der Waals surface area contributed by atoms with Crippen molar-refractivity contribution in [2.24, 2.45) is 5.41 Å². The van der Waals surface area contributed by atoms with Crippen LogP contribution in [0.2, 0.25) is 0 Å². The van der Waals surface area contributed by atoms with Gasteiger partial charge in [-0.3, -0.25) is 9.59 Å². The van der Waals surface area contributed by atoms with Crippen molar-refractivity contribution in [1.29, 1.82) is 0 Å². The number of nitrogens with one attached hydrogen (secondary N) is 1. The van der Waals surface area contributed by atoms with Crippen LogP contribution in [-0.4, -0.2) is 23.5 Å². The number of benzene rings is 1. The molecule has 2 fully saturated rings. The summed E-state index contributed by atoms with van der Waals surface area (Å²) in [6, 6.07) is 10.3. The molecule has 1 aromatic rings. The quantitative estimate of drug-likeness (QED) is 0.849. The van der Waals surface area contributed by atoms with E-state index in [9.17, 15) is 14.7 Å². The maximum absolute atomic E-state index is 12.2. The van der Waals surface area contributed by atoms with E-state index in [1.807, 2.05) is 18.2 Å². The highest BCUT2D eigenvalue weighted by atomic mass is 16.4. The van der Waals surface area contributed by atoms with Crippen molar-refractivity contribution < 1.29 is 14.7 Å². The fourth-order valence-electron chi connectivity index (χ4n) is 3.67. The Hall–Kier alpha value is -1.84. The summed E-state index contributed by atoms with van der Waals surface area (Å²) in [5.74, 6) is -0.945. The smallest absolute Gasteiger partial charge is 0.310 e. The number of aliphatic carboxylic acids is 1. The Balaban J connectivity index is 1.59. The Labute approximate surface area is 130 Å². The summed E-state index contributed by atoms with van der Waals surface area (Å²) in [4.78, 5) is 23.5. The Morgan fingerprint density at radius 2 is 1.68 bits per heavy atom. The third-order valence-electron chi connectivity index (χ3n) is 5.58. The zero-order valence-electron chi connectivity index (χ0n) is 12.8. The number of hydrogen-bond acceptors (Lipinski definition) is 2. The molecule has 0 saturated heterocycles. The minimum atomic E-state index is -0.824. The van der Waals surface area contributed by atoms with Gasteiger partial charge in [-0.25, -0.2) is 0 Å². The van der Waals surface area contributed by atoms with Gasteiger partial charge in [-0.2, -0.15) is 0 Å². The lowest BCUT2D eigenvalue weighted by Gasteiger charge is -2.43. The van der Waals surface area contributed by atoms with E-state index in [4.69, 9.17) is 0 Å². The first kappa shape index (κ1) is 15.1. The second-order valence-electron chi connectivity index (χ2n) is 6.89. The minimum Gasteiger partial charge on any atom is -0.481 e. The third kappa shape index (κ3) is 2.62. The van der Waals surface area contributed by atoms with Gasteiger partial charge in [0.05, 0.1) is 5.41 Å². The van der Waals surface area contributed by atoms with Crippen molar-refractivity contribution in [3.63, 3.8) is 0 Å². The highest BCUT2D eigenvalue weighted by Crippen LogP contribution is 2.45. The molecule has 0 atom stereocenters. The van der Waals surface area contributed by atoms with E-state index in [1.165, 1.54) is 12.0 Å². The molecule has 0 aromatic heterocycles. The highest BCUT2D eigenvalue weighted by molar-refractivity contribution is 5.85. The van der Waals surface area contributed by atoms with Crippen molar-refractivity contribution in [1.82, 2.24) is 5.32 Å². The predicted molar refractivity (Wildman–Crippen MR) is 83.5 cm³/mol. The number of hydrogen-bond donors (Lipinski definition) is 2. The van der Waals surface area contributed by atoms with E-state index in [0.29, 0.717) is 19.4 Å². The molecule has 0 unspecified atom stereocenters. The molecule has 0 bridgehead atoms. The van der Waals surface area contributed by atoms with E-state index in [-0.39, 0.29) is 17.7 Å². The average Bonchev–Trinajstić information content (AvgIpc) is 2.42. The van der Waals surface area contributed by atoms with Gasteiger partial charge in [0.15, 0.2) is 0 Å². The van der Waals surface area contributed by atoms with Crippen LogP contribution in [0.5, 0.6) is 0 Å². The second kappa shape index (κ2) is 5.75. The molecule has 2 aliphatic rings. The molecule has 118 valence electrons. The number of carbonyl (C=O) groups excluding carboxylic acids is 1. The Bertz CT molecular complexity index is 559. The van der Waals surface area contributed by atoms with Gasteiger partial charge in [0.25, 0.3) is 0 Å². The maximum atomic E-state index is 12.2. The molecule has 2 aliphatic carbocycles. The van der Waals surface area contributed by atoms with Gasteiger partial charge < -0.3 is 10.4 Å². The van der Waals surface area contributed by atoms with Gasteiger partial charge >= 0.3 is 5.97 Å². The van der Waals surface area contributed by atoms with E-state index >= 15 is 0 Å². The normalized spacial score (nSPS) is 21.3. The molecule has 0 radical (unpaired) electrons. The van der Waals surface area contributed by atoms with Crippen molar-refractivity contribution in [2.45, 2.75) is 50.4 Å². The summed E-state index contributed by atoms with van der Waals surface area (Å²) in [6.45, 7) is 0.617. The van der Waals surface area contributed by atoms with Gasteiger partial charge in [-0.05, 0) is 31.2 Å². The van der Waals surface area contributed by atoms with Crippen LogP contribution < -0.4 is 5.32 Å². The molecule has 4 heteroatoms. The topological polar surface area (TPSA) is 66.4 Å². The second-order valence-corrected chi connectivity index (χ2v) is 6.89. The van der Waals surface area contributed by atoms with Crippen LogP contribution in [0.4, 0.5) is 0 Å². The first-order chi connectivity index (χ1) is 10.6. The van der Waals surface area contributed by atoms with Crippen LogP contribution >= 0.6 is 0 Å². The average molecular weight is 301 g/mol. The fraction of sp³-hybridized carbons (Fsp3) is 0.556. The van der Waals surface area contributed by atoms with Crippen LogP contribution in [0.15, 0.2) is 30.3 Å². The third-order valence-corrected chi connectivity index (χ3v) is 5.58. The Kier molecular flexibility index (Phi) is 3.94. The van der Waals surface area contributed by atoms with Crippen LogP contribution in [0.1, 0.15) is 50.5 Å². The van der Waals surface area contributed by atoms with E-state index < -0.39 is 11.4 Å². The monoisotopic (exact) mass is 301 g/mol. The van der Waals surface area contributed by atoms with Gasteiger partial charge in [0.1, 0.15) is 0 Å². The van der Waals surface area contributed by atoms with Crippen LogP contribution in [0.25, 0.3) is 0 Å². The lowest BCUT2D eigenvalue weighted by Crippen LogP contribution is -2.48. The summed E-state index contributed by atoms with van der Waals surface area (Å²) in [5.41, 5.74) is 0.523. The Morgan fingerprint density at radius 1 is 1.05 bits per heavy atom. The molecule has 0 heterocycles. The zero-order valence-corrected chi connectivity index (χ0v) is 12.8. The number of carboxylic acids is 1. The number of carboxylic acid groups (broad SMARTS) is 1. The van der Waals surface area contributed by atoms with Crippen LogP contribution in [0, 0.1) is 5.41 Å². The standard InChI is InChI=1S/C18H23NO3/c20-15(12-17(16(21)22)8-4-9-17)19-13-18(10-5-11-18)14-6-2-1-3-7-14/h1-3,6-7H,4-5,8-13H2,(H,19,20)(H,21,22). The molecule has 0 spiro atoms. The summed E-state index contributed by atoms with van der Waals surface area (Å²) < 4.78 is 0. The highest BCUT2D eigenvalue weighted by Gasteiger charge is 2.46. The van der Waals surface area contributed by atoms with Crippen molar-refractivity contribution in [3.8, 4) is 0 Å². The summed E-state index contributed by atoms with van der Waals surface area (Å²) in [7, 11) is 0. The largest absolute Gasteiger partial charge is 0.481 e. The van der Waals surface area contributed by atoms with E-state index in [1.54, 1.807) is 0 Å². The van der Waals surface area contributed by atoms with Gasteiger partial charge in [0, 0.05) is 18.4 Å². The minimum absolute atomic E-state index is 0.0485. The van der Waals surface area contributed by atoms with Crippen molar-refractivity contribution >= 4 is 11.9 Å². The number of amides is 1.